The molecular formula is C8H12O4. The van der Waals surface area contributed by atoms with E-state index in [-0.39, 0.29) is 18.8 Å². The molecule has 1 N–H and O–H groups in total. The van der Waals surface area contributed by atoms with Gasteiger partial charge < -0.3 is 9.84 Å². The van der Waals surface area contributed by atoms with E-state index in [1.807, 2.05) is 0 Å². The highest BCUT2D eigenvalue weighted by atomic mass is 16.5. The molecule has 0 heterocycles. The van der Waals surface area contributed by atoms with E-state index >= 15 is 0 Å². The molecule has 0 saturated carbocycles. The molecule has 0 rings (SSSR count). The second-order valence-electron chi connectivity index (χ2n) is 1.82. The van der Waals surface area contributed by atoms with E-state index in [0.29, 0.717) is 6.42 Å². The van der Waals surface area contributed by atoms with Crippen LogP contribution in [0.5, 0.6) is 0 Å². The van der Waals surface area contributed by atoms with Crippen LogP contribution in [0.4, 0.5) is 0 Å². The molecule has 0 spiro atoms. The Morgan fingerprint density at radius 1 is 1.33 bits per heavy atom. The average molecular weight is 172 g/mol. The summed E-state index contributed by atoms with van der Waals surface area (Å²) in [4.78, 5) is 20.3. The standard InChI is InChI=1S/C6H10O4.C2H2/c1-10-6(9)4-2-3-5(7)8;1-2/h2-4H2,1H3,(H,7,8);1-2H. The summed E-state index contributed by atoms with van der Waals surface area (Å²) in [5.74, 6) is -1.25. The van der Waals surface area contributed by atoms with Crippen molar-refractivity contribution in [2.45, 2.75) is 19.3 Å². The lowest BCUT2D eigenvalue weighted by Crippen LogP contribution is -2.02. The van der Waals surface area contributed by atoms with Crippen molar-refractivity contribution in [2.75, 3.05) is 7.11 Å². The highest BCUT2D eigenvalue weighted by molar-refractivity contribution is 5.71. The molecule has 0 aromatic carbocycles. The zero-order valence-corrected chi connectivity index (χ0v) is 6.95. The first-order valence-electron chi connectivity index (χ1n) is 3.28. The summed E-state index contributed by atoms with van der Waals surface area (Å²) in [5.41, 5.74) is 0. The lowest BCUT2D eigenvalue weighted by Gasteiger charge is -1.94. The molecule has 0 bridgehead atoms. The van der Waals surface area contributed by atoms with Gasteiger partial charge in [0.15, 0.2) is 0 Å². The lowest BCUT2D eigenvalue weighted by atomic mass is 10.2. The lowest BCUT2D eigenvalue weighted by molar-refractivity contribution is -0.141. The normalized spacial score (nSPS) is 7.58. The summed E-state index contributed by atoms with van der Waals surface area (Å²) < 4.78 is 4.30. The molecule has 0 aliphatic carbocycles. The first kappa shape index (κ1) is 13.1. The maximum Gasteiger partial charge on any atom is 0.305 e. The molecule has 0 unspecified atom stereocenters. The van der Waals surface area contributed by atoms with Gasteiger partial charge >= 0.3 is 11.9 Å². The summed E-state index contributed by atoms with van der Waals surface area (Å²) in [5, 5.41) is 8.15. The van der Waals surface area contributed by atoms with Crippen molar-refractivity contribution in [2.24, 2.45) is 0 Å². The molecule has 0 radical (unpaired) electrons. The number of esters is 1. The van der Waals surface area contributed by atoms with E-state index in [0.717, 1.165) is 0 Å². The van der Waals surface area contributed by atoms with Gasteiger partial charge in [0.2, 0.25) is 0 Å². The van der Waals surface area contributed by atoms with Crippen LogP contribution in [-0.4, -0.2) is 24.2 Å². The maximum absolute atomic E-state index is 10.4. The van der Waals surface area contributed by atoms with Crippen LogP contribution in [0.1, 0.15) is 19.3 Å². The third-order valence-electron chi connectivity index (χ3n) is 0.999. The first-order chi connectivity index (χ1) is 5.66. The van der Waals surface area contributed by atoms with Crippen LogP contribution in [-0.2, 0) is 14.3 Å². The first-order valence-corrected chi connectivity index (χ1v) is 3.28. The monoisotopic (exact) mass is 172 g/mol. The molecule has 0 fully saturated rings. The van der Waals surface area contributed by atoms with Gasteiger partial charge in [0.1, 0.15) is 0 Å². The van der Waals surface area contributed by atoms with Crippen molar-refractivity contribution in [3.63, 3.8) is 0 Å². The number of carbonyl (C=O) groups is 2. The van der Waals surface area contributed by atoms with Crippen LogP contribution in [0.3, 0.4) is 0 Å². The van der Waals surface area contributed by atoms with E-state index in [1.54, 1.807) is 0 Å². The van der Waals surface area contributed by atoms with Gasteiger partial charge in [-0.3, -0.25) is 9.59 Å². The van der Waals surface area contributed by atoms with Gasteiger partial charge in [0.25, 0.3) is 0 Å². The predicted octanol–water partition coefficient (Wildman–Crippen LogP) is 0.664. The van der Waals surface area contributed by atoms with Gasteiger partial charge in [-0.15, -0.1) is 12.8 Å². The number of hydrogen-bond acceptors (Lipinski definition) is 3. The molecule has 0 aromatic heterocycles. The summed E-state index contributed by atoms with van der Waals surface area (Å²) in [6.07, 6.45) is 8.56. The van der Waals surface area contributed by atoms with E-state index in [2.05, 4.69) is 17.6 Å². The Balaban J connectivity index is 0. The number of carbonyl (C=O) groups excluding carboxylic acids is 1. The number of carboxylic acids is 1. The zero-order valence-electron chi connectivity index (χ0n) is 6.95. The van der Waals surface area contributed by atoms with E-state index in [9.17, 15) is 9.59 Å². The SMILES string of the molecule is C#C.COC(=O)CCCC(=O)O. The summed E-state index contributed by atoms with van der Waals surface area (Å²) in [7, 11) is 1.28. The van der Waals surface area contributed by atoms with Gasteiger partial charge in [-0.1, -0.05) is 0 Å². The highest BCUT2D eigenvalue weighted by Gasteiger charge is 2.01. The van der Waals surface area contributed by atoms with E-state index < -0.39 is 5.97 Å². The van der Waals surface area contributed by atoms with Crippen LogP contribution < -0.4 is 0 Å². The smallest absolute Gasteiger partial charge is 0.305 e. The van der Waals surface area contributed by atoms with Crippen molar-refractivity contribution in [3.8, 4) is 12.8 Å². The molecule has 4 heteroatoms. The molecule has 12 heavy (non-hydrogen) atoms. The summed E-state index contributed by atoms with van der Waals surface area (Å²) in [6.45, 7) is 0. The predicted molar refractivity (Wildman–Crippen MR) is 43.4 cm³/mol. The Bertz CT molecular complexity index is 160. The van der Waals surface area contributed by atoms with Crippen molar-refractivity contribution >= 4 is 11.9 Å². The van der Waals surface area contributed by atoms with Gasteiger partial charge in [-0.25, -0.2) is 0 Å². The quantitative estimate of drug-likeness (QED) is 0.500. The van der Waals surface area contributed by atoms with Crippen LogP contribution in [0.15, 0.2) is 0 Å². The van der Waals surface area contributed by atoms with Crippen LogP contribution in [0.2, 0.25) is 0 Å². The van der Waals surface area contributed by atoms with Gasteiger partial charge in [-0.2, -0.15) is 0 Å². The molecule has 0 saturated heterocycles. The minimum atomic E-state index is -0.885. The largest absolute Gasteiger partial charge is 0.481 e. The third kappa shape index (κ3) is 11.3. The zero-order chi connectivity index (χ0) is 9.98. The number of methoxy groups -OCH3 is 1. The second kappa shape index (κ2) is 9.50. The average Bonchev–Trinajstić information content (AvgIpc) is 2.07. The van der Waals surface area contributed by atoms with Crippen molar-refractivity contribution in [1.82, 2.24) is 0 Å². The molecule has 0 aliphatic heterocycles. The molecule has 0 amide bonds. The van der Waals surface area contributed by atoms with Crippen molar-refractivity contribution < 1.29 is 19.4 Å². The van der Waals surface area contributed by atoms with Gasteiger partial charge in [-0.05, 0) is 6.42 Å². The Labute approximate surface area is 71.5 Å². The van der Waals surface area contributed by atoms with Gasteiger partial charge in [0.05, 0.1) is 7.11 Å². The Kier molecular flexibility index (Phi) is 10.4. The van der Waals surface area contributed by atoms with Crippen LogP contribution in [0, 0.1) is 12.8 Å². The summed E-state index contributed by atoms with van der Waals surface area (Å²) >= 11 is 0. The number of carboxylic acid groups (broad SMARTS) is 1. The Morgan fingerprint density at radius 2 is 1.83 bits per heavy atom. The number of hydrogen-bond donors (Lipinski definition) is 1. The Hall–Kier alpha value is -1.50. The van der Waals surface area contributed by atoms with Gasteiger partial charge in [0, 0.05) is 12.8 Å². The molecule has 0 aliphatic rings. The Morgan fingerprint density at radius 3 is 2.17 bits per heavy atom. The number of terminal acetylenes is 1. The maximum atomic E-state index is 10.4. The highest BCUT2D eigenvalue weighted by Crippen LogP contribution is 1.95. The van der Waals surface area contributed by atoms with Crippen LogP contribution in [0.25, 0.3) is 0 Å². The summed E-state index contributed by atoms with van der Waals surface area (Å²) in [6, 6.07) is 0. The van der Waals surface area contributed by atoms with E-state index in [4.69, 9.17) is 5.11 Å². The topological polar surface area (TPSA) is 63.6 Å². The molecule has 0 aromatic rings. The molecule has 4 nitrogen and oxygen atoms in total. The fourth-order valence-corrected chi connectivity index (χ4v) is 0.486. The molecular weight excluding hydrogens is 160 g/mol. The number of ether oxygens (including phenoxy) is 1. The van der Waals surface area contributed by atoms with E-state index in [1.165, 1.54) is 7.11 Å². The van der Waals surface area contributed by atoms with Crippen molar-refractivity contribution in [3.05, 3.63) is 0 Å². The second-order valence-corrected chi connectivity index (χ2v) is 1.82. The number of aliphatic carboxylic acids is 1. The fraction of sp³-hybridized carbons (Fsp3) is 0.500. The van der Waals surface area contributed by atoms with Crippen molar-refractivity contribution in [1.29, 1.82) is 0 Å². The number of rotatable bonds is 4. The third-order valence-corrected chi connectivity index (χ3v) is 0.999. The van der Waals surface area contributed by atoms with Crippen LogP contribution >= 0.6 is 0 Å². The minimum absolute atomic E-state index is 0.0229. The molecule has 0 atom stereocenters. The fourth-order valence-electron chi connectivity index (χ4n) is 0.486. The molecule has 68 valence electrons. The minimum Gasteiger partial charge on any atom is -0.481 e.